The number of rotatable bonds is 3. The molecule has 1 saturated heterocycles. The van der Waals surface area contributed by atoms with E-state index in [9.17, 15) is 18.3 Å². The van der Waals surface area contributed by atoms with Gasteiger partial charge in [-0.2, -0.15) is 4.31 Å². The minimum atomic E-state index is -3.61. The molecule has 1 aromatic rings. The molecule has 0 amide bonds. The van der Waals surface area contributed by atoms with E-state index in [1.165, 1.54) is 23.5 Å². The second-order valence-electron chi connectivity index (χ2n) is 4.28. The fourth-order valence-corrected chi connectivity index (χ4v) is 3.57. The first kappa shape index (κ1) is 13.8. The van der Waals surface area contributed by atoms with Gasteiger partial charge in [0.05, 0.1) is 12.0 Å². The molecule has 0 radical (unpaired) electrons. The number of carbonyl (C=O) groups is 1. The number of hydrogen-bond donors (Lipinski definition) is 1. The number of sulfonamides is 1. The number of carbonyl (C=O) groups excluding carboxylic acids is 1. The Bertz CT molecular complexity index is 590. The number of phenols is 1. The van der Waals surface area contributed by atoms with Crippen molar-refractivity contribution in [1.82, 2.24) is 4.31 Å². The largest absolute Gasteiger partial charge is 0.507 e. The van der Waals surface area contributed by atoms with E-state index in [1.54, 1.807) is 0 Å². The maximum atomic E-state index is 12.3. The van der Waals surface area contributed by atoms with E-state index in [-0.39, 0.29) is 16.2 Å². The van der Waals surface area contributed by atoms with Gasteiger partial charge in [0, 0.05) is 13.1 Å². The third-order valence-electron chi connectivity index (χ3n) is 3.08. The minimum Gasteiger partial charge on any atom is -0.507 e. The lowest BCUT2D eigenvalue weighted by Gasteiger charge is -2.16. The average Bonchev–Trinajstić information content (AvgIpc) is 2.92. The van der Waals surface area contributed by atoms with Gasteiger partial charge in [0.2, 0.25) is 10.0 Å². The molecule has 0 bridgehead atoms. The SMILES string of the molecule is COC(=O)c1cc(S(=O)(=O)N2CCCC2)ccc1O. The Balaban J connectivity index is 2.43. The second-order valence-corrected chi connectivity index (χ2v) is 6.22. The molecule has 2 rings (SSSR count). The Labute approximate surface area is 111 Å². The van der Waals surface area contributed by atoms with Gasteiger partial charge >= 0.3 is 5.97 Å². The average molecular weight is 285 g/mol. The predicted octanol–water partition coefficient (Wildman–Crippen LogP) is 0.963. The highest BCUT2D eigenvalue weighted by molar-refractivity contribution is 7.89. The number of methoxy groups -OCH3 is 1. The summed E-state index contributed by atoms with van der Waals surface area (Å²) in [6, 6.07) is 3.62. The maximum Gasteiger partial charge on any atom is 0.341 e. The van der Waals surface area contributed by atoms with Crippen molar-refractivity contribution in [3.63, 3.8) is 0 Å². The molecule has 1 fully saturated rings. The van der Waals surface area contributed by atoms with Crippen molar-refractivity contribution in [1.29, 1.82) is 0 Å². The van der Waals surface area contributed by atoms with Crippen LogP contribution in [0, 0.1) is 0 Å². The van der Waals surface area contributed by atoms with Crippen molar-refractivity contribution >= 4 is 16.0 Å². The Morgan fingerprint density at radius 3 is 2.53 bits per heavy atom. The summed E-state index contributed by atoms with van der Waals surface area (Å²) in [5.74, 6) is -1.07. The summed E-state index contributed by atoms with van der Waals surface area (Å²) >= 11 is 0. The lowest BCUT2D eigenvalue weighted by Crippen LogP contribution is -2.28. The molecule has 7 heteroatoms. The van der Waals surface area contributed by atoms with Crippen molar-refractivity contribution in [3.05, 3.63) is 23.8 Å². The number of benzene rings is 1. The van der Waals surface area contributed by atoms with Gasteiger partial charge < -0.3 is 9.84 Å². The van der Waals surface area contributed by atoms with Gasteiger partial charge in [0.15, 0.2) is 0 Å². The number of phenolic OH excluding ortho intramolecular Hbond substituents is 1. The number of aromatic hydroxyl groups is 1. The molecule has 1 N–H and O–H groups in total. The van der Waals surface area contributed by atoms with E-state index >= 15 is 0 Å². The summed E-state index contributed by atoms with van der Waals surface area (Å²) in [6.45, 7) is 0.966. The van der Waals surface area contributed by atoms with Crippen molar-refractivity contribution in [2.75, 3.05) is 20.2 Å². The molecule has 1 aliphatic heterocycles. The number of esters is 1. The maximum absolute atomic E-state index is 12.3. The molecule has 0 spiro atoms. The highest BCUT2D eigenvalue weighted by Gasteiger charge is 2.28. The third-order valence-corrected chi connectivity index (χ3v) is 4.97. The molecular formula is C12H15NO5S. The van der Waals surface area contributed by atoms with Crippen LogP contribution in [-0.2, 0) is 14.8 Å². The monoisotopic (exact) mass is 285 g/mol. The van der Waals surface area contributed by atoms with Crippen LogP contribution in [0.25, 0.3) is 0 Å². The van der Waals surface area contributed by atoms with Crippen LogP contribution in [0.3, 0.4) is 0 Å². The van der Waals surface area contributed by atoms with E-state index in [4.69, 9.17) is 0 Å². The van der Waals surface area contributed by atoms with E-state index in [0.29, 0.717) is 13.1 Å². The van der Waals surface area contributed by atoms with Crippen molar-refractivity contribution < 1.29 is 23.1 Å². The smallest absolute Gasteiger partial charge is 0.341 e. The zero-order valence-electron chi connectivity index (χ0n) is 10.5. The Morgan fingerprint density at radius 2 is 1.95 bits per heavy atom. The lowest BCUT2D eigenvalue weighted by atomic mass is 10.2. The molecule has 1 heterocycles. The van der Waals surface area contributed by atoms with Gasteiger partial charge in [-0.25, -0.2) is 13.2 Å². The first-order valence-electron chi connectivity index (χ1n) is 5.88. The Morgan fingerprint density at radius 1 is 1.32 bits per heavy atom. The molecule has 0 aromatic heterocycles. The zero-order valence-corrected chi connectivity index (χ0v) is 11.3. The highest BCUT2D eigenvalue weighted by atomic mass is 32.2. The first-order chi connectivity index (χ1) is 8.96. The van der Waals surface area contributed by atoms with E-state index < -0.39 is 16.0 Å². The van der Waals surface area contributed by atoms with Crippen LogP contribution in [0.15, 0.2) is 23.1 Å². The lowest BCUT2D eigenvalue weighted by molar-refractivity contribution is 0.0597. The van der Waals surface area contributed by atoms with Gasteiger partial charge in [0.25, 0.3) is 0 Å². The van der Waals surface area contributed by atoms with Crippen molar-refractivity contribution in [2.45, 2.75) is 17.7 Å². The standard InChI is InChI=1S/C12H15NO5S/c1-18-12(15)10-8-9(4-5-11(10)14)19(16,17)13-6-2-3-7-13/h4-5,8,14H,2-3,6-7H2,1H3. The topological polar surface area (TPSA) is 83.9 Å². The summed E-state index contributed by atoms with van der Waals surface area (Å²) in [5.41, 5.74) is -0.150. The van der Waals surface area contributed by atoms with Crippen LogP contribution in [0.1, 0.15) is 23.2 Å². The predicted molar refractivity (Wildman–Crippen MR) is 67.4 cm³/mol. The number of hydrogen-bond acceptors (Lipinski definition) is 5. The van der Waals surface area contributed by atoms with Gasteiger partial charge in [0.1, 0.15) is 11.3 Å². The number of nitrogens with zero attached hydrogens (tertiary/aromatic N) is 1. The minimum absolute atomic E-state index is 0.00685. The van der Waals surface area contributed by atoms with Crippen LogP contribution >= 0.6 is 0 Å². The summed E-state index contributed by atoms with van der Waals surface area (Å²) < 4.78 is 30.5. The van der Waals surface area contributed by atoms with E-state index in [2.05, 4.69) is 4.74 Å². The quantitative estimate of drug-likeness (QED) is 0.836. The summed E-state index contributed by atoms with van der Waals surface area (Å²) in [5, 5.41) is 9.56. The normalized spacial score (nSPS) is 16.5. The zero-order chi connectivity index (χ0) is 14.0. The highest BCUT2D eigenvalue weighted by Crippen LogP contribution is 2.26. The Kier molecular flexibility index (Phi) is 3.77. The van der Waals surface area contributed by atoms with Crippen LogP contribution in [0.5, 0.6) is 5.75 Å². The van der Waals surface area contributed by atoms with Crippen LogP contribution in [0.4, 0.5) is 0 Å². The Hall–Kier alpha value is -1.60. The first-order valence-corrected chi connectivity index (χ1v) is 7.32. The van der Waals surface area contributed by atoms with Crippen LogP contribution < -0.4 is 0 Å². The van der Waals surface area contributed by atoms with Gasteiger partial charge in [-0.3, -0.25) is 0 Å². The molecule has 0 atom stereocenters. The van der Waals surface area contributed by atoms with Crippen LogP contribution in [-0.4, -0.2) is 44.0 Å². The summed E-state index contributed by atoms with van der Waals surface area (Å²) in [6.07, 6.45) is 1.67. The molecule has 104 valence electrons. The van der Waals surface area contributed by atoms with Gasteiger partial charge in [-0.15, -0.1) is 0 Å². The third kappa shape index (κ3) is 2.57. The number of ether oxygens (including phenoxy) is 1. The van der Waals surface area contributed by atoms with Crippen LogP contribution in [0.2, 0.25) is 0 Å². The fraction of sp³-hybridized carbons (Fsp3) is 0.417. The molecule has 1 aliphatic rings. The second kappa shape index (κ2) is 5.18. The van der Waals surface area contributed by atoms with Crippen molar-refractivity contribution in [2.24, 2.45) is 0 Å². The molecule has 19 heavy (non-hydrogen) atoms. The van der Waals surface area contributed by atoms with Gasteiger partial charge in [-0.05, 0) is 31.0 Å². The van der Waals surface area contributed by atoms with E-state index in [1.807, 2.05) is 0 Å². The molecular weight excluding hydrogens is 270 g/mol. The van der Waals surface area contributed by atoms with E-state index in [0.717, 1.165) is 18.9 Å². The fourth-order valence-electron chi connectivity index (χ4n) is 2.03. The molecule has 1 aromatic carbocycles. The molecule has 0 aliphatic carbocycles. The van der Waals surface area contributed by atoms with Gasteiger partial charge in [-0.1, -0.05) is 0 Å². The molecule has 0 saturated carbocycles. The van der Waals surface area contributed by atoms with Crippen molar-refractivity contribution in [3.8, 4) is 5.75 Å². The molecule has 6 nitrogen and oxygen atoms in total. The summed E-state index contributed by atoms with van der Waals surface area (Å²) in [7, 11) is -2.44. The molecule has 0 unspecified atom stereocenters. The summed E-state index contributed by atoms with van der Waals surface area (Å²) in [4.78, 5) is 11.4.